The van der Waals surface area contributed by atoms with Crippen molar-refractivity contribution in [2.24, 2.45) is 5.41 Å². The first-order valence-electron chi connectivity index (χ1n) is 17.1. The van der Waals surface area contributed by atoms with Crippen LogP contribution < -0.4 is 30.7 Å². The largest absolute Gasteiger partial charge is 0.497 e. The van der Waals surface area contributed by atoms with Gasteiger partial charge in [-0.1, -0.05) is 34.1 Å². The summed E-state index contributed by atoms with van der Waals surface area (Å²) in [5.74, 6) is -1.47. The van der Waals surface area contributed by atoms with Crippen molar-refractivity contribution in [3.8, 4) is 11.6 Å². The average molecular weight is 681 g/mol. The monoisotopic (exact) mass is 680 g/mol. The van der Waals surface area contributed by atoms with Gasteiger partial charge in [0.25, 0.3) is 5.91 Å². The number of carbonyl (C=O) groups excluding carboxylic acids is 5. The Balaban J connectivity index is 1.65. The summed E-state index contributed by atoms with van der Waals surface area (Å²) >= 11 is 0. The standard InChI is InChI=1S/C36H52N6O7/c1-10-11-26(28(43)31(45)38-22-12-13-22)39-30(44)27-18-24(49-32-25-15-14-23(48-9)17-21(25)16-20(2)37-32)19-42(27)33(46)29(35(3,4)5)40-34(47)41-36(6,7)8/h14-17,22,24,26-27,29H,10-13,18-19H2,1-9H3,(H,38,45)(H,39,44)(H2,40,41,47)/t24-,26+,27?,29?/m1/s1. The third-order valence-corrected chi connectivity index (χ3v) is 8.48. The molecule has 5 amide bonds. The van der Waals surface area contributed by atoms with Crippen molar-refractivity contribution >= 4 is 40.3 Å². The van der Waals surface area contributed by atoms with Crippen molar-refractivity contribution in [2.75, 3.05) is 13.7 Å². The van der Waals surface area contributed by atoms with Gasteiger partial charge in [-0.15, -0.1) is 0 Å². The molecule has 13 nitrogen and oxygen atoms in total. The van der Waals surface area contributed by atoms with Crippen LogP contribution >= 0.6 is 0 Å². The number of ketones is 1. The van der Waals surface area contributed by atoms with Crippen LogP contribution in [0.25, 0.3) is 10.8 Å². The SMILES string of the molecule is CCC[C@H](NC(=O)C1C[C@@H](Oc2nc(C)cc3cc(OC)ccc23)CN1C(=O)C(NC(=O)NC(C)(C)C)C(C)(C)C)C(=O)C(=O)NC1CC1. The van der Waals surface area contributed by atoms with Crippen LogP contribution in [-0.2, 0) is 19.2 Å². The van der Waals surface area contributed by atoms with E-state index in [0.29, 0.717) is 23.7 Å². The molecule has 1 aromatic heterocycles. The molecule has 2 aromatic rings. The van der Waals surface area contributed by atoms with E-state index in [4.69, 9.17) is 9.47 Å². The maximum Gasteiger partial charge on any atom is 0.315 e. The molecule has 1 aliphatic carbocycles. The fourth-order valence-corrected chi connectivity index (χ4v) is 5.87. The Morgan fingerprint density at radius 3 is 2.31 bits per heavy atom. The summed E-state index contributed by atoms with van der Waals surface area (Å²) in [7, 11) is 1.59. The summed E-state index contributed by atoms with van der Waals surface area (Å²) in [6.45, 7) is 14.7. The summed E-state index contributed by atoms with van der Waals surface area (Å²) in [5, 5.41) is 12.7. The second-order valence-corrected chi connectivity index (χ2v) is 15.2. The number of aryl methyl sites for hydroxylation is 1. The fraction of sp³-hybridized carbons (Fsp3) is 0.611. The number of ether oxygens (including phenoxy) is 2. The smallest absolute Gasteiger partial charge is 0.315 e. The first-order valence-corrected chi connectivity index (χ1v) is 17.1. The molecule has 49 heavy (non-hydrogen) atoms. The fourth-order valence-electron chi connectivity index (χ4n) is 5.87. The molecule has 268 valence electrons. The molecule has 2 aliphatic rings. The molecule has 2 unspecified atom stereocenters. The lowest BCUT2D eigenvalue weighted by molar-refractivity contribution is -0.144. The highest BCUT2D eigenvalue weighted by atomic mass is 16.5. The number of methoxy groups -OCH3 is 1. The Morgan fingerprint density at radius 1 is 1.02 bits per heavy atom. The number of aromatic nitrogens is 1. The van der Waals surface area contributed by atoms with Gasteiger partial charge in [-0.2, -0.15) is 0 Å². The topological polar surface area (TPSA) is 168 Å². The first kappa shape index (κ1) is 37.4. The number of likely N-dealkylation sites (tertiary alicyclic amines) is 1. The molecule has 13 heteroatoms. The lowest BCUT2D eigenvalue weighted by Gasteiger charge is -2.36. The van der Waals surface area contributed by atoms with Crippen LogP contribution in [0.1, 0.15) is 86.3 Å². The van der Waals surface area contributed by atoms with E-state index in [-0.39, 0.29) is 25.4 Å². The highest BCUT2D eigenvalue weighted by molar-refractivity contribution is 6.38. The third kappa shape index (κ3) is 9.82. The molecule has 0 radical (unpaired) electrons. The summed E-state index contributed by atoms with van der Waals surface area (Å²) in [6.07, 6.45) is 1.88. The minimum Gasteiger partial charge on any atom is -0.497 e. The number of carbonyl (C=O) groups is 5. The van der Waals surface area contributed by atoms with E-state index in [1.165, 1.54) is 4.90 Å². The quantitative estimate of drug-likeness (QED) is 0.247. The Morgan fingerprint density at radius 2 is 1.71 bits per heavy atom. The van der Waals surface area contributed by atoms with E-state index < -0.39 is 64.7 Å². The molecular weight excluding hydrogens is 628 g/mol. The molecule has 1 saturated carbocycles. The second-order valence-electron chi connectivity index (χ2n) is 15.2. The lowest BCUT2D eigenvalue weighted by Crippen LogP contribution is -2.61. The molecule has 0 spiro atoms. The molecule has 1 aromatic carbocycles. The zero-order valence-electron chi connectivity index (χ0n) is 30.2. The number of nitrogens with one attached hydrogen (secondary N) is 4. The van der Waals surface area contributed by atoms with Gasteiger partial charge in [-0.3, -0.25) is 19.2 Å². The van der Waals surface area contributed by atoms with Crippen LogP contribution in [0.5, 0.6) is 11.6 Å². The van der Waals surface area contributed by atoms with Crippen LogP contribution in [0, 0.1) is 12.3 Å². The number of nitrogens with zero attached hydrogens (tertiary/aromatic N) is 2. The van der Waals surface area contributed by atoms with Crippen molar-refractivity contribution < 1.29 is 33.4 Å². The Bertz CT molecular complexity index is 1580. The summed E-state index contributed by atoms with van der Waals surface area (Å²) in [4.78, 5) is 73.3. The maximum absolute atomic E-state index is 14.4. The molecule has 4 rings (SSSR count). The molecule has 1 aliphatic heterocycles. The van der Waals surface area contributed by atoms with Crippen molar-refractivity contribution in [1.82, 2.24) is 31.2 Å². The number of amides is 5. The number of rotatable bonds is 12. The van der Waals surface area contributed by atoms with Gasteiger partial charge >= 0.3 is 6.03 Å². The van der Waals surface area contributed by atoms with Gasteiger partial charge in [-0.25, -0.2) is 9.78 Å². The van der Waals surface area contributed by atoms with E-state index in [0.717, 1.165) is 23.6 Å². The molecule has 2 heterocycles. The minimum absolute atomic E-state index is 0.0139. The van der Waals surface area contributed by atoms with Crippen molar-refractivity contribution in [3.63, 3.8) is 0 Å². The van der Waals surface area contributed by atoms with Gasteiger partial charge in [0.15, 0.2) is 0 Å². The molecule has 2 fully saturated rings. The van der Waals surface area contributed by atoms with Crippen LogP contribution in [0.3, 0.4) is 0 Å². The summed E-state index contributed by atoms with van der Waals surface area (Å²) in [5.41, 5.74) is -0.574. The van der Waals surface area contributed by atoms with E-state index in [1.807, 2.05) is 73.6 Å². The van der Waals surface area contributed by atoms with E-state index in [1.54, 1.807) is 13.2 Å². The number of hydrogen-bond donors (Lipinski definition) is 4. The van der Waals surface area contributed by atoms with Gasteiger partial charge in [0.2, 0.25) is 23.5 Å². The molecule has 0 bridgehead atoms. The number of urea groups is 1. The number of Topliss-reactive ketones (excluding diaryl/α,β-unsaturated/α-hetero) is 1. The van der Waals surface area contributed by atoms with Crippen LogP contribution in [0.4, 0.5) is 4.79 Å². The number of pyridine rings is 1. The maximum atomic E-state index is 14.4. The Kier molecular flexibility index (Phi) is 11.4. The van der Waals surface area contributed by atoms with Crippen molar-refractivity contribution in [1.29, 1.82) is 0 Å². The second kappa shape index (κ2) is 15.0. The zero-order valence-corrected chi connectivity index (χ0v) is 30.2. The molecule has 4 N–H and O–H groups in total. The van der Waals surface area contributed by atoms with Gasteiger partial charge in [-0.05, 0) is 82.0 Å². The van der Waals surface area contributed by atoms with Crippen LogP contribution in [0.15, 0.2) is 24.3 Å². The lowest BCUT2D eigenvalue weighted by atomic mass is 9.85. The predicted molar refractivity (Wildman–Crippen MR) is 185 cm³/mol. The molecule has 4 atom stereocenters. The van der Waals surface area contributed by atoms with E-state index >= 15 is 0 Å². The summed E-state index contributed by atoms with van der Waals surface area (Å²) in [6, 6.07) is 3.80. The minimum atomic E-state index is -1.06. The number of fused-ring (bicyclic) bond motifs is 1. The number of hydrogen-bond acceptors (Lipinski definition) is 8. The average Bonchev–Trinajstić information content (AvgIpc) is 3.72. The third-order valence-electron chi connectivity index (χ3n) is 8.48. The number of benzene rings is 1. The Labute approximate surface area is 288 Å². The van der Waals surface area contributed by atoms with Crippen LogP contribution in [0.2, 0.25) is 0 Å². The van der Waals surface area contributed by atoms with Crippen LogP contribution in [-0.4, -0.2) is 88.9 Å². The summed E-state index contributed by atoms with van der Waals surface area (Å²) < 4.78 is 11.8. The molecule has 1 saturated heterocycles. The van der Waals surface area contributed by atoms with Gasteiger partial charge in [0.1, 0.15) is 23.9 Å². The van der Waals surface area contributed by atoms with Crippen molar-refractivity contribution in [2.45, 2.75) is 123 Å². The van der Waals surface area contributed by atoms with E-state index in [2.05, 4.69) is 26.3 Å². The highest BCUT2D eigenvalue weighted by Gasteiger charge is 2.47. The van der Waals surface area contributed by atoms with Gasteiger partial charge in [0.05, 0.1) is 19.7 Å². The highest BCUT2D eigenvalue weighted by Crippen LogP contribution is 2.32. The van der Waals surface area contributed by atoms with Gasteiger partial charge < -0.3 is 35.6 Å². The first-order chi connectivity index (χ1) is 22.9. The van der Waals surface area contributed by atoms with E-state index in [9.17, 15) is 24.0 Å². The molecular formula is C36H52N6O7. The van der Waals surface area contributed by atoms with Gasteiger partial charge in [0, 0.05) is 29.1 Å². The Hall–Kier alpha value is -4.42. The predicted octanol–water partition coefficient (Wildman–Crippen LogP) is 3.55. The van der Waals surface area contributed by atoms with Crippen molar-refractivity contribution in [3.05, 3.63) is 30.0 Å². The normalized spacial score (nSPS) is 19.1. The zero-order chi connectivity index (χ0) is 36.3.